The topological polar surface area (TPSA) is 106 Å². The molecule has 0 atom stereocenters. The second-order valence-electron chi connectivity index (χ2n) is 7.56. The van der Waals surface area contributed by atoms with E-state index in [-0.39, 0.29) is 24.1 Å². The van der Waals surface area contributed by atoms with E-state index in [2.05, 4.69) is 31.4 Å². The molecule has 1 aromatic heterocycles. The van der Waals surface area contributed by atoms with Crippen LogP contribution in [0.15, 0.2) is 66.7 Å². The highest BCUT2D eigenvalue weighted by molar-refractivity contribution is 7.80. The van der Waals surface area contributed by atoms with Gasteiger partial charge in [0.15, 0.2) is 5.11 Å². The van der Waals surface area contributed by atoms with Crippen LogP contribution >= 0.6 is 35.4 Å². The Morgan fingerprint density at radius 1 is 1.00 bits per heavy atom. The largest absolute Gasteiger partial charge is 0.455 e. The monoisotopic (exact) mass is 559 g/mol. The van der Waals surface area contributed by atoms with Gasteiger partial charge >= 0.3 is 0 Å². The number of para-hydroxylation sites is 1. The summed E-state index contributed by atoms with van der Waals surface area (Å²) in [5, 5.41) is 22.0. The molecule has 3 aromatic carbocycles. The van der Waals surface area contributed by atoms with Crippen molar-refractivity contribution in [3.63, 3.8) is 0 Å². The third-order valence-electron chi connectivity index (χ3n) is 4.79. The first kappa shape index (κ1) is 26.3. The maximum absolute atomic E-state index is 13.2. The number of anilines is 1. The summed E-state index contributed by atoms with van der Waals surface area (Å²) < 4.78 is 19.2. The molecular weight excluding hydrogens is 540 g/mol. The highest BCUT2D eigenvalue weighted by atomic mass is 35.5. The lowest BCUT2D eigenvalue weighted by atomic mass is 10.2. The number of hydrogen-bond donors (Lipinski definition) is 3. The average molecular weight is 560 g/mol. The normalized spacial score (nSPS) is 10.6. The number of halogens is 3. The van der Waals surface area contributed by atoms with Gasteiger partial charge in [0.05, 0.1) is 10.6 Å². The van der Waals surface area contributed by atoms with Crippen LogP contribution in [0.5, 0.6) is 11.5 Å². The van der Waals surface area contributed by atoms with E-state index in [1.54, 1.807) is 54.6 Å². The van der Waals surface area contributed by atoms with Gasteiger partial charge in [-0.15, -0.1) is 10.2 Å². The Bertz CT molecular complexity index is 1420. The molecule has 0 aliphatic rings. The van der Waals surface area contributed by atoms with Crippen molar-refractivity contribution in [1.82, 2.24) is 30.8 Å². The van der Waals surface area contributed by atoms with E-state index >= 15 is 0 Å². The molecule has 0 saturated carbocycles. The van der Waals surface area contributed by atoms with Gasteiger partial charge in [0.2, 0.25) is 11.7 Å². The van der Waals surface area contributed by atoms with E-state index in [4.69, 9.17) is 40.2 Å². The predicted octanol–water partition coefficient (Wildman–Crippen LogP) is 4.68. The number of rotatable bonds is 9. The van der Waals surface area contributed by atoms with Crippen molar-refractivity contribution < 1.29 is 13.9 Å². The zero-order chi connectivity index (χ0) is 26.2. The molecule has 9 nitrogen and oxygen atoms in total. The van der Waals surface area contributed by atoms with Crippen LogP contribution in [0.25, 0.3) is 11.4 Å². The number of nitrogens with one attached hydrogen (secondary N) is 3. The van der Waals surface area contributed by atoms with Gasteiger partial charge in [-0.2, -0.15) is 4.80 Å². The highest BCUT2D eigenvalue weighted by Gasteiger charge is 2.15. The van der Waals surface area contributed by atoms with Crippen LogP contribution in [0, 0.1) is 5.82 Å². The van der Waals surface area contributed by atoms with Crippen LogP contribution in [0.4, 0.5) is 10.1 Å². The van der Waals surface area contributed by atoms with Crippen molar-refractivity contribution in [3.05, 3.63) is 82.6 Å². The summed E-state index contributed by atoms with van der Waals surface area (Å²) in [6, 6.07) is 18.0. The summed E-state index contributed by atoms with van der Waals surface area (Å²) in [5.41, 5.74) is 1.10. The molecule has 3 N–H and O–H groups in total. The van der Waals surface area contributed by atoms with Crippen LogP contribution < -0.4 is 20.7 Å². The number of ether oxygens (including phenoxy) is 1. The lowest BCUT2D eigenvalue weighted by molar-refractivity contribution is -0.122. The fraction of sp³-hybridized carbons (Fsp3) is 0.125. The molecule has 0 unspecified atom stereocenters. The smallest absolute Gasteiger partial charge is 0.243 e. The van der Waals surface area contributed by atoms with Gasteiger partial charge in [0.1, 0.15) is 23.9 Å². The summed E-state index contributed by atoms with van der Waals surface area (Å²) in [7, 11) is 0. The third-order valence-corrected chi connectivity index (χ3v) is 5.57. The highest BCUT2D eigenvalue weighted by Crippen LogP contribution is 2.35. The van der Waals surface area contributed by atoms with Crippen molar-refractivity contribution in [2.24, 2.45) is 0 Å². The number of carbonyl (C=O) groups excluding carboxylic acids is 1. The molecular formula is C24H20Cl2FN7O2S. The third kappa shape index (κ3) is 7.59. The Hall–Kier alpha value is -3.80. The molecule has 0 aliphatic heterocycles. The Morgan fingerprint density at radius 3 is 2.62 bits per heavy atom. The summed E-state index contributed by atoms with van der Waals surface area (Å²) in [6.07, 6.45) is 0. The molecule has 4 aromatic rings. The molecule has 37 heavy (non-hydrogen) atoms. The van der Waals surface area contributed by atoms with Crippen LogP contribution in [-0.2, 0) is 11.3 Å². The number of benzene rings is 3. The summed E-state index contributed by atoms with van der Waals surface area (Å²) >= 11 is 17.3. The zero-order valence-electron chi connectivity index (χ0n) is 19.1. The second kappa shape index (κ2) is 12.4. The molecule has 0 fully saturated rings. The number of nitrogens with zero attached hydrogens (tertiary/aromatic N) is 4. The number of thiocarbonyl (C=S) groups is 1. The minimum absolute atomic E-state index is 0.134. The van der Waals surface area contributed by atoms with Crippen molar-refractivity contribution in [2.75, 3.05) is 18.4 Å². The van der Waals surface area contributed by atoms with E-state index in [1.165, 1.54) is 16.9 Å². The Kier molecular flexibility index (Phi) is 8.83. The number of carbonyl (C=O) groups is 1. The first-order chi connectivity index (χ1) is 17.9. The number of hydrogen-bond acceptors (Lipinski definition) is 6. The zero-order valence-corrected chi connectivity index (χ0v) is 21.4. The summed E-state index contributed by atoms with van der Waals surface area (Å²) in [4.78, 5) is 13.5. The molecule has 13 heteroatoms. The van der Waals surface area contributed by atoms with E-state index < -0.39 is 0 Å². The molecule has 0 radical (unpaired) electrons. The van der Waals surface area contributed by atoms with Gasteiger partial charge in [-0.3, -0.25) is 4.79 Å². The standard InChI is InChI=1S/C24H20Cl2FN7O2S/c25-15-8-9-21(19(26)12-15)36-20-7-2-1-6-18(20)23-31-33-34(32-23)14-22(35)28-10-11-29-24(37)30-17-5-3-4-16(27)13-17/h1-9,12-13H,10-11,14H2,(H,28,35)(H2,29,30,37). The Labute approximate surface area is 226 Å². The minimum atomic E-state index is -0.369. The van der Waals surface area contributed by atoms with E-state index in [0.29, 0.717) is 51.0 Å². The maximum atomic E-state index is 13.2. The van der Waals surface area contributed by atoms with Crippen LogP contribution in [0.1, 0.15) is 0 Å². The van der Waals surface area contributed by atoms with Crippen LogP contribution in [0.2, 0.25) is 10.0 Å². The number of tetrazole rings is 1. The lowest BCUT2D eigenvalue weighted by Gasteiger charge is -2.11. The van der Waals surface area contributed by atoms with Crippen LogP contribution in [0.3, 0.4) is 0 Å². The van der Waals surface area contributed by atoms with E-state index in [9.17, 15) is 9.18 Å². The van der Waals surface area contributed by atoms with Gasteiger partial charge in [0, 0.05) is 23.8 Å². The molecule has 1 amide bonds. The molecule has 0 saturated heterocycles. The van der Waals surface area contributed by atoms with Crippen molar-refractivity contribution in [2.45, 2.75) is 6.54 Å². The average Bonchev–Trinajstić information content (AvgIpc) is 3.32. The molecule has 4 rings (SSSR count). The fourth-order valence-electron chi connectivity index (χ4n) is 3.14. The fourth-order valence-corrected chi connectivity index (χ4v) is 3.81. The predicted molar refractivity (Wildman–Crippen MR) is 143 cm³/mol. The van der Waals surface area contributed by atoms with Crippen LogP contribution in [-0.4, -0.2) is 44.3 Å². The summed E-state index contributed by atoms with van der Waals surface area (Å²) in [6.45, 7) is 0.524. The molecule has 0 spiro atoms. The maximum Gasteiger partial charge on any atom is 0.243 e. The summed E-state index contributed by atoms with van der Waals surface area (Å²) in [5.74, 6) is 0.484. The van der Waals surface area contributed by atoms with Gasteiger partial charge in [-0.1, -0.05) is 41.4 Å². The molecule has 0 bridgehead atoms. The first-order valence-corrected chi connectivity index (χ1v) is 12.1. The molecule has 190 valence electrons. The SMILES string of the molecule is O=C(Cn1nnc(-c2ccccc2Oc2ccc(Cl)cc2Cl)n1)NCCNC(=S)Nc1cccc(F)c1. The van der Waals surface area contributed by atoms with Gasteiger partial charge in [-0.05, 0) is 66.0 Å². The molecule has 1 heterocycles. The Morgan fingerprint density at radius 2 is 1.81 bits per heavy atom. The Balaban J connectivity index is 1.28. The van der Waals surface area contributed by atoms with Crippen molar-refractivity contribution >= 4 is 52.1 Å². The quantitative estimate of drug-likeness (QED) is 0.200. The van der Waals surface area contributed by atoms with Gasteiger partial charge in [-0.25, -0.2) is 4.39 Å². The van der Waals surface area contributed by atoms with Gasteiger partial charge < -0.3 is 20.7 Å². The lowest BCUT2D eigenvalue weighted by Crippen LogP contribution is -2.38. The minimum Gasteiger partial charge on any atom is -0.455 e. The number of aromatic nitrogens is 4. The number of amides is 1. The second-order valence-corrected chi connectivity index (χ2v) is 8.81. The van der Waals surface area contributed by atoms with Crippen molar-refractivity contribution in [1.29, 1.82) is 0 Å². The van der Waals surface area contributed by atoms with E-state index in [0.717, 1.165) is 0 Å². The molecule has 0 aliphatic carbocycles. The van der Waals surface area contributed by atoms with Crippen molar-refractivity contribution in [3.8, 4) is 22.9 Å². The van der Waals surface area contributed by atoms with Gasteiger partial charge in [0.25, 0.3) is 0 Å². The first-order valence-electron chi connectivity index (χ1n) is 10.9. The van der Waals surface area contributed by atoms with E-state index in [1.807, 2.05) is 0 Å².